The molecule has 1 unspecified atom stereocenters. The van der Waals surface area contributed by atoms with Gasteiger partial charge in [0, 0.05) is 17.9 Å². The smallest absolute Gasteiger partial charge is 0.323 e. The maximum atomic E-state index is 12.9. The SMILES string of the molecule is O=C(O)CN(C(=O)c1cccc(OCC2CCCO2)c1)c1ccccc1. The Bertz CT molecular complexity index is 756. The van der Waals surface area contributed by atoms with E-state index in [1.807, 2.05) is 6.07 Å². The monoisotopic (exact) mass is 355 g/mol. The second kappa shape index (κ2) is 8.49. The van der Waals surface area contributed by atoms with E-state index in [1.54, 1.807) is 48.5 Å². The van der Waals surface area contributed by atoms with E-state index in [9.17, 15) is 9.59 Å². The summed E-state index contributed by atoms with van der Waals surface area (Å²) >= 11 is 0. The van der Waals surface area contributed by atoms with Crippen LogP contribution in [0.5, 0.6) is 5.75 Å². The highest BCUT2D eigenvalue weighted by Gasteiger charge is 2.21. The van der Waals surface area contributed by atoms with Gasteiger partial charge in [0.15, 0.2) is 0 Å². The summed E-state index contributed by atoms with van der Waals surface area (Å²) in [5.41, 5.74) is 0.908. The zero-order chi connectivity index (χ0) is 18.4. The van der Waals surface area contributed by atoms with Crippen LogP contribution in [0.4, 0.5) is 5.69 Å². The summed E-state index contributed by atoms with van der Waals surface area (Å²) in [6.45, 7) is 0.785. The number of para-hydroxylation sites is 1. The lowest BCUT2D eigenvalue weighted by molar-refractivity contribution is -0.135. The normalized spacial score (nSPS) is 16.2. The number of carbonyl (C=O) groups is 2. The highest BCUT2D eigenvalue weighted by atomic mass is 16.5. The maximum absolute atomic E-state index is 12.9. The first-order valence-electron chi connectivity index (χ1n) is 8.56. The Morgan fingerprint density at radius 1 is 1.15 bits per heavy atom. The van der Waals surface area contributed by atoms with Crippen LogP contribution in [-0.4, -0.2) is 42.8 Å². The van der Waals surface area contributed by atoms with Gasteiger partial charge >= 0.3 is 5.97 Å². The van der Waals surface area contributed by atoms with Crippen molar-refractivity contribution in [2.45, 2.75) is 18.9 Å². The van der Waals surface area contributed by atoms with Gasteiger partial charge in [-0.3, -0.25) is 14.5 Å². The van der Waals surface area contributed by atoms with Crippen LogP contribution in [0.25, 0.3) is 0 Å². The van der Waals surface area contributed by atoms with Crippen LogP contribution in [0.3, 0.4) is 0 Å². The number of hydrogen-bond acceptors (Lipinski definition) is 4. The van der Waals surface area contributed by atoms with Crippen LogP contribution >= 0.6 is 0 Å². The number of nitrogens with zero attached hydrogens (tertiary/aromatic N) is 1. The van der Waals surface area contributed by atoms with Crippen LogP contribution in [0.15, 0.2) is 54.6 Å². The number of aliphatic carboxylic acids is 1. The van der Waals surface area contributed by atoms with Crippen molar-refractivity contribution < 1.29 is 24.2 Å². The largest absolute Gasteiger partial charge is 0.491 e. The summed E-state index contributed by atoms with van der Waals surface area (Å²) < 4.78 is 11.3. The van der Waals surface area contributed by atoms with Gasteiger partial charge in [-0.15, -0.1) is 0 Å². The molecule has 26 heavy (non-hydrogen) atoms. The Morgan fingerprint density at radius 3 is 2.65 bits per heavy atom. The Morgan fingerprint density at radius 2 is 1.96 bits per heavy atom. The Balaban J connectivity index is 1.75. The molecule has 1 saturated heterocycles. The average molecular weight is 355 g/mol. The summed E-state index contributed by atoms with van der Waals surface area (Å²) in [6, 6.07) is 15.5. The molecule has 0 radical (unpaired) electrons. The molecule has 1 fully saturated rings. The van der Waals surface area contributed by atoms with Crippen molar-refractivity contribution in [2.75, 3.05) is 24.7 Å². The summed E-state index contributed by atoms with van der Waals surface area (Å²) in [4.78, 5) is 25.3. The lowest BCUT2D eigenvalue weighted by Gasteiger charge is -2.21. The number of carbonyl (C=O) groups excluding carboxylic acids is 1. The molecule has 2 aromatic carbocycles. The third-order valence-corrected chi connectivity index (χ3v) is 4.15. The van der Waals surface area contributed by atoms with Gasteiger partial charge in [0.1, 0.15) is 18.9 Å². The van der Waals surface area contributed by atoms with Gasteiger partial charge in [0.2, 0.25) is 0 Å². The number of benzene rings is 2. The van der Waals surface area contributed by atoms with E-state index in [0.717, 1.165) is 19.4 Å². The predicted octanol–water partition coefficient (Wildman–Crippen LogP) is 2.98. The molecule has 1 atom stereocenters. The molecule has 0 aromatic heterocycles. The molecule has 1 amide bonds. The third kappa shape index (κ3) is 4.61. The summed E-state index contributed by atoms with van der Waals surface area (Å²) in [6.07, 6.45) is 2.09. The zero-order valence-electron chi connectivity index (χ0n) is 14.3. The van der Waals surface area contributed by atoms with Crippen molar-refractivity contribution in [3.63, 3.8) is 0 Å². The van der Waals surface area contributed by atoms with Crippen LogP contribution in [-0.2, 0) is 9.53 Å². The molecule has 1 heterocycles. The van der Waals surface area contributed by atoms with Gasteiger partial charge in [-0.05, 0) is 43.2 Å². The lowest BCUT2D eigenvalue weighted by atomic mass is 10.1. The zero-order valence-corrected chi connectivity index (χ0v) is 14.3. The molecule has 1 aliphatic heterocycles. The molecule has 2 aromatic rings. The van der Waals surface area contributed by atoms with Gasteiger partial charge < -0.3 is 14.6 Å². The summed E-state index contributed by atoms with van der Waals surface area (Å²) in [5, 5.41) is 9.17. The molecule has 1 N–H and O–H groups in total. The highest BCUT2D eigenvalue weighted by molar-refractivity contribution is 6.08. The van der Waals surface area contributed by atoms with E-state index in [-0.39, 0.29) is 12.0 Å². The molecule has 0 aliphatic carbocycles. The quantitative estimate of drug-likeness (QED) is 0.826. The molecule has 0 saturated carbocycles. The van der Waals surface area contributed by atoms with Crippen molar-refractivity contribution >= 4 is 17.6 Å². The number of hydrogen-bond donors (Lipinski definition) is 1. The minimum atomic E-state index is -1.08. The van der Waals surface area contributed by atoms with Crippen molar-refractivity contribution in [2.24, 2.45) is 0 Å². The first-order chi connectivity index (χ1) is 12.6. The van der Waals surface area contributed by atoms with Crippen LogP contribution in [0, 0.1) is 0 Å². The predicted molar refractivity (Wildman–Crippen MR) is 96.7 cm³/mol. The number of rotatable bonds is 7. The van der Waals surface area contributed by atoms with E-state index >= 15 is 0 Å². The lowest BCUT2D eigenvalue weighted by Crippen LogP contribution is -2.35. The second-order valence-corrected chi connectivity index (χ2v) is 6.09. The summed E-state index contributed by atoms with van der Waals surface area (Å²) in [5.74, 6) is -0.899. The minimum absolute atomic E-state index is 0.0854. The maximum Gasteiger partial charge on any atom is 0.323 e. The summed E-state index contributed by atoms with van der Waals surface area (Å²) in [7, 11) is 0. The van der Waals surface area contributed by atoms with Crippen molar-refractivity contribution in [1.29, 1.82) is 0 Å². The Labute approximate surface area is 152 Å². The third-order valence-electron chi connectivity index (χ3n) is 4.15. The first kappa shape index (κ1) is 17.9. The number of ether oxygens (including phenoxy) is 2. The fraction of sp³-hybridized carbons (Fsp3) is 0.300. The fourth-order valence-corrected chi connectivity index (χ4v) is 2.86. The van der Waals surface area contributed by atoms with E-state index in [4.69, 9.17) is 14.6 Å². The molecule has 6 heteroatoms. The van der Waals surface area contributed by atoms with Crippen LogP contribution in [0.1, 0.15) is 23.2 Å². The Kier molecular flexibility index (Phi) is 5.86. The van der Waals surface area contributed by atoms with Crippen LogP contribution in [0.2, 0.25) is 0 Å². The van der Waals surface area contributed by atoms with Crippen molar-refractivity contribution in [3.05, 3.63) is 60.2 Å². The first-order valence-corrected chi connectivity index (χ1v) is 8.56. The number of amides is 1. The van der Waals surface area contributed by atoms with Gasteiger partial charge in [-0.2, -0.15) is 0 Å². The standard InChI is InChI=1S/C20H21NO5/c22-19(23)13-21(16-7-2-1-3-8-16)20(24)15-6-4-9-17(12-15)26-14-18-10-5-11-25-18/h1-4,6-9,12,18H,5,10-11,13-14H2,(H,22,23). The van der Waals surface area contributed by atoms with Gasteiger partial charge in [0.05, 0.1) is 6.10 Å². The molecule has 3 rings (SSSR count). The highest BCUT2D eigenvalue weighted by Crippen LogP contribution is 2.21. The topological polar surface area (TPSA) is 76.1 Å². The number of carboxylic acid groups (broad SMARTS) is 1. The minimum Gasteiger partial charge on any atom is -0.491 e. The van der Waals surface area contributed by atoms with Crippen molar-refractivity contribution in [3.8, 4) is 5.75 Å². The average Bonchev–Trinajstić information content (AvgIpc) is 3.18. The van der Waals surface area contributed by atoms with Gasteiger partial charge in [-0.1, -0.05) is 24.3 Å². The molecule has 1 aliphatic rings. The molecular weight excluding hydrogens is 334 g/mol. The number of anilines is 1. The van der Waals surface area contributed by atoms with E-state index in [0.29, 0.717) is 23.6 Å². The molecule has 0 spiro atoms. The van der Waals surface area contributed by atoms with Gasteiger partial charge in [0.25, 0.3) is 5.91 Å². The van der Waals surface area contributed by atoms with Crippen molar-refractivity contribution in [1.82, 2.24) is 0 Å². The van der Waals surface area contributed by atoms with E-state index < -0.39 is 12.5 Å². The Hall–Kier alpha value is -2.86. The van der Waals surface area contributed by atoms with E-state index in [2.05, 4.69) is 0 Å². The molecule has 136 valence electrons. The van der Waals surface area contributed by atoms with E-state index in [1.165, 1.54) is 4.90 Å². The molecule has 0 bridgehead atoms. The molecular formula is C20H21NO5. The fourth-order valence-electron chi connectivity index (χ4n) is 2.86. The second-order valence-electron chi connectivity index (χ2n) is 6.09. The number of carboxylic acids is 1. The molecule has 6 nitrogen and oxygen atoms in total. The van der Waals surface area contributed by atoms with Gasteiger partial charge in [-0.25, -0.2) is 0 Å². The van der Waals surface area contributed by atoms with Crippen LogP contribution < -0.4 is 9.64 Å².